The van der Waals surface area contributed by atoms with Gasteiger partial charge in [0.2, 0.25) is 0 Å². The summed E-state index contributed by atoms with van der Waals surface area (Å²) in [6.45, 7) is 3.65. The zero-order valence-corrected chi connectivity index (χ0v) is 5.43. The molecule has 1 aliphatic rings. The van der Waals surface area contributed by atoms with Gasteiger partial charge in [-0.05, 0) is 30.6 Å². The summed E-state index contributed by atoms with van der Waals surface area (Å²) in [7, 11) is 0. The summed E-state index contributed by atoms with van der Waals surface area (Å²) in [6, 6.07) is 0. The lowest BCUT2D eigenvalue weighted by molar-refractivity contribution is 1.01. The third kappa shape index (κ3) is 1.75. The molecule has 0 spiro atoms. The molecular weight excluding hydrogens is 108 g/mol. The normalized spacial score (nSPS) is 14.0. The Hall–Kier alpha value is -1.00. The standard InChI is InChI=1S/C9H10/c1-2-3-6-9-7-4-5-8-9/h2,4,7-8H,1,3,6H2. The van der Waals surface area contributed by atoms with Gasteiger partial charge in [-0.3, -0.25) is 0 Å². The van der Waals surface area contributed by atoms with Gasteiger partial charge in [-0.15, -0.1) is 12.3 Å². The van der Waals surface area contributed by atoms with E-state index in [1.165, 1.54) is 5.57 Å². The molecule has 0 unspecified atom stereocenters. The summed E-state index contributed by atoms with van der Waals surface area (Å²) in [5, 5.41) is 0. The summed E-state index contributed by atoms with van der Waals surface area (Å²) in [6.07, 6.45) is 10.2. The van der Waals surface area contributed by atoms with Crippen LogP contribution in [0.4, 0.5) is 0 Å². The summed E-state index contributed by atoms with van der Waals surface area (Å²) < 4.78 is 0. The molecule has 0 saturated carbocycles. The Labute approximate surface area is 55.9 Å². The van der Waals surface area contributed by atoms with Crippen LogP contribution in [0.5, 0.6) is 0 Å². The summed E-state index contributed by atoms with van der Waals surface area (Å²) >= 11 is 0. The minimum Gasteiger partial charge on any atom is -0.121 e. The maximum atomic E-state index is 3.65. The number of allylic oxidation sites excluding steroid dienone is 4. The highest BCUT2D eigenvalue weighted by atomic mass is 14.0. The second-order valence-electron chi connectivity index (χ2n) is 2.05. The van der Waals surface area contributed by atoms with Crippen molar-refractivity contribution in [1.82, 2.24) is 0 Å². The van der Waals surface area contributed by atoms with E-state index in [1.807, 2.05) is 18.2 Å². The second-order valence-corrected chi connectivity index (χ2v) is 2.05. The minimum atomic E-state index is 1.07. The highest BCUT2D eigenvalue weighted by Gasteiger charge is 1.90. The molecule has 0 aromatic carbocycles. The van der Waals surface area contributed by atoms with E-state index in [1.54, 1.807) is 0 Å². The molecule has 1 aliphatic carbocycles. The maximum absolute atomic E-state index is 3.65. The molecule has 0 nitrogen and oxygen atoms in total. The van der Waals surface area contributed by atoms with Crippen molar-refractivity contribution in [3.63, 3.8) is 0 Å². The first kappa shape index (κ1) is 6.12. The molecule has 0 atom stereocenters. The van der Waals surface area contributed by atoms with Crippen molar-refractivity contribution in [3.8, 4) is 0 Å². The van der Waals surface area contributed by atoms with Crippen LogP contribution in [-0.4, -0.2) is 0 Å². The first-order valence-corrected chi connectivity index (χ1v) is 3.16. The van der Waals surface area contributed by atoms with E-state index >= 15 is 0 Å². The van der Waals surface area contributed by atoms with Gasteiger partial charge >= 0.3 is 0 Å². The zero-order chi connectivity index (χ0) is 6.53. The molecule has 0 aromatic rings. The van der Waals surface area contributed by atoms with Gasteiger partial charge < -0.3 is 0 Å². The Kier molecular flexibility index (Phi) is 2.12. The summed E-state index contributed by atoms with van der Waals surface area (Å²) in [5.41, 5.74) is 4.36. The quantitative estimate of drug-likeness (QED) is 0.394. The average Bonchev–Trinajstić information content (AvgIpc) is 2.34. The summed E-state index contributed by atoms with van der Waals surface area (Å²) in [5.74, 6) is 0. The van der Waals surface area contributed by atoms with Gasteiger partial charge in [-0.25, -0.2) is 0 Å². The van der Waals surface area contributed by atoms with E-state index in [9.17, 15) is 0 Å². The lowest BCUT2D eigenvalue weighted by Crippen LogP contribution is -1.72. The molecule has 0 saturated heterocycles. The molecule has 0 amide bonds. The fourth-order valence-electron chi connectivity index (χ4n) is 0.783. The highest BCUT2D eigenvalue weighted by molar-refractivity contribution is 5.29. The van der Waals surface area contributed by atoms with Crippen molar-refractivity contribution in [2.45, 2.75) is 12.8 Å². The van der Waals surface area contributed by atoms with Gasteiger partial charge in [0, 0.05) is 0 Å². The molecule has 0 heterocycles. The predicted octanol–water partition coefficient (Wildman–Crippen LogP) is 2.60. The molecule has 0 N–H and O–H groups in total. The van der Waals surface area contributed by atoms with E-state index in [0.29, 0.717) is 0 Å². The Morgan fingerprint density at radius 1 is 1.67 bits per heavy atom. The first-order valence-electron chi connectivity index (χ1n) is 3.16. The fourth-order valence-corrected chi connectivity index (χ4v) is 0.783. The van der Waals surface area contributed by atoms with Crippen LogP contribution < -0.4 is 0 Å². The third-order valence-electron chi connectivity index (χ3n) is 1.30. The number of hydrogen-bond acceptors (Lipinski definition) is 0. The minimum absolute atomic E-state index is 1.07. The van der Waals surface area contributed by atoms with Crippen LogP contribution in [0.15, 0.2) is 42.2 Å². The highest BCUT2D eigenvalue weighted by Crippen LogP contribution is 2.09. The molecule has 0 fully saturated rings. The Balaban J connectivity index is 2.31. The van der Waals surface area contributed by atoms with Crippen molar-refractivity contribution in [1.29, 1.82) is 0 Å². The molecule has 46 valence electrons. The first-order chi connectivity index (χ1) is 4.43. The van der Waals surface area contributed by atoms with Crippen molar-refractivity contribution in [2.24, 2.45) is 0 Å². The average molecular weight is 118 g/mol. The van der Waals surface area contributed by atoms with Crippen molar-refractivity contribution < 1.29 is 0 Å². The molecule has 0 bridgehead atoms. The van der Waals surface area contributed by atoms with Crippen LogP contribution in [0.3, 0.4) is 0 Å². The van der Waals surface area contributed by atoms with Gasteiger partial charge in [0.1, 0.15) is 0 Å². The van der Waals surface area contributed by atoms with Crippen molar-refractivity contribution >= 4 is 0 Å². The van der Waals surface area contributed by atoms with Gasteiger partial charge in [0.05, 0.1) is 0 Å². The summed E-state index contributed by atoms with van der Waals surface area (Å²) in [4.78, 5) is 0. The lowest BCUT2D eigenvalue weighted by atomic mass is 10.1. The van der Waals surface area contributed by atoms with Crippen LogP contribution in [0.25, 0.3) is 0 Å². The molecular formula is C9H10. The van der Waals surface area contributed by atoms with Crippen molar-refractivity contribution in [3.05, 3.63) is 42.2 Å². The molecule has 0 aromatic heterocycles. The SMILES string of the molecule is C=CCCC1=CC=C=C1. The van der Waals surface area contributed by atoms with E-state index in [2.05, 4.69) is 18.4 Å². The largest absolute Gasteiger partial charge is 0.121 e. The molecule has 0 aliphatic heterocycles. The Morgan fingerprint density at radius 2 is 2.56 bits per heavy atom. The van der Waals surface area contributed by atoms with E-state index in [4.69, 9.17) is 0 Å². The zero-order valence-electron chi connectivity index (χ0n) is 5.43. The van der Waals surface area contributed by atoms with Crippen LogP contribution in [0, 0.1) is 0 Å². The van der Waals surface area contributed by atoms with Crippen LogP contribution in [-0.2, 0) is 0 Å². The topological polar surface area (TPSA) is 0 Å². The Morgan fingerprint density at radius 3 is 3.11 bits per heavy atom. The second kappa shape index (κ2) is 3.11. The maximum Gasteiger partial charge on any atom is -0.0167 e. The number of rotatable bonds is 3. The molecule has 0 radical (unpaired) electrons. The predicted molar refractivity (Wildman–Crippen MR) is 40.2 cm³/mol. The number of hydrogen-bond donors (Lipinski definition) is 0. The van der Waals surface area contributed by atoms with Crippen LogP contribution in [0.1, 0.15) is 12.8 Å². The van der Waals surface area contributed by atoms with Gasteiger partial charge in [-0.2, -0.15) is 0 Å². The van der Waals surface area contributed by atoms with Gasteiger partial charge in [-0.1, -0.05) is 12.2 Å². The van der Waals surface area contributed by atoms with E-state index < -0.39 is 0 Å². The van der Waals surface area contributed by atoms with E-state index in [0.717, 1.165) is 12.8 Å². The monoisotopic (exact) mass is 118 g/mol. The lowest BCUT2D eigenvalue weighted by Gasteiger charge is -1.91. The third-order valence-corrected chi connectivity index (χ3v) is 1.30. The molecule has 1 rings (SSSR count). The van der Waals surface area contributed by atoms with Gasteiger partial charge in [0.25, 0.3) is 0 Å². The fraction of sp³-hybridized carbons (Fsp3) is 0.222. The van der Waals surface area contributed by atoms with Crippen LogP contribution >= 0.6 is 0 Å². The van der Waals surface area contributed by atoms with Crippen LogP contribution in [0.2, 0.25) is 0 Å². The Bertz CT molecular complexity index is 188. The van der Waals surface area contributed by atoms with Gasteiger partial charge in [0.15, 0.2) is 0 Å². The van der Waals surface area contributed by atoms with Crippen molar-refractivity contribution in [2.75, 3.05) is 0 Å². The smallest absolute Gasteiger partial charge is 0.0167 e. The van der Waals surface area contributed by atoms with E-state index in [-0.39, 0.29) is 0 Å². The molecule has 0 heteroatoms. The molecule has 9 heavy (non-hydrogen) atoms.